The average Bonchev–Trinajstić information content (AvgIpc) is 2.73. The lowest BCUT2D eigenvalue weighted by Crippen LogP contribution is -2.22. The minimum absolute atomic E-state index is 0.173. The van der Waals surface area contributed by atoms with E-state index in [1.165, 1.54) is 11.3 Å². The molecule has 6 heteroatoms. The summed E-state index contributed by atoms with van der Waals surface area (Å²) in [6.07, 6.45) is 0. The van der Waals surface area contributed by atoms with Crippen molar-refractivity contribution in [2.24, 2.45) is 0 Å². The molecule has 0 unspecified atom stereocenters. The molecule has 4 nitrogen and oxygen atoms in total. The van der Waals surface area contributed by atoms with Gasteiger partial charge in [0.2, 0.25) is 0 Å². The first-order valence-electron chi connectivity index (χ1n) is 5.08. The molecule has 0 aromatic carbocycles. The molecule has 2 aromatic rings. The molecule has 0 amide bonds. The predicted molar refractivity (Wildman–Crippen MR) is 72.4 cm³/mol. The number of hydrogen-bond acceptors (Lipinski definition) is 4. The first-order chi connectivity index (χ1) is 7.89. The number of nitrogens with one attached hydrogen (secondary N) is 1. The van der Waals surface area contributed by atoms with Gasteiger partial charge in [0.05, 0.1) is 11.2 Å². The summed E-state index contributed by atoms with van der Waals surface area (Å²) in [7, 11) is 0. The summed E-state index contributed by atoms with van der Waals surface area (Å²) in [6, 6.07) is 0. The Morgan fingerprint density at radius 2 is 2.12 bits per heavy atom. The van der Waals surface area contributed by atoms with Gasteiger partial charge < -0.3 is 4.98 Å². The summed E-state index contributed by atoms with van der Waals surface area (Å²) in [4.78, 5) is 23.2. The van der Waals surface area contributed by atoms with Gasteiger partial charge in [-0.1, -0.05) is 20.8 Å². The van der Waals surface area contributed by atoms with E-state index in [0.717, 1.165) is 5.69 Å². The van der Waals surface area contributed by atoms with Crippen LogP contribution in [0.2, 0.25) is 0 Å². The molecule has 2 heterocycles. The van der Waals surface area contributed by atoms with E-state index in [2.05, 4.69) is 30.9 Å². The molecular formula is C11H12BrN3OS. The van der Waals surface area contributed by atoms with Gasteiger partial charge in [0.1, 0.15) is 10.2 Å². The van der Waals surface area contributed by atoms with Gasteiger partial charge in [-0.15, -0.1) is 11.3 Å². The number of aromatic nitrogens is 3. The summed E-state index contributed by atoms with van der Waals surface area (Å²) in [5, 5.41) is 1.86. The third kappa shape index (κ3) is 2.47. The van der Waals surface area contributed by atoms with E-state index >= 15 is 0 Å². The molecule has 0 atom stereocenters. The van der Waals surface area contributed by atoms with Crippen LogP contribution in [0.15, 0.2) is 20.2 Å². The van der Waals surface area contributed by atoms with Crippen LogP contribution < -0.4 is 5.56 Å². The summed E-state index contributed by atoms with van der Waals surface area (Å²) < 4.78 is 0.490. The topological polar surface area (TPSA) is 58.6 Å². The van der Waals surface area contributed by atoms with Crippen LogP contribution in [0, 0.1) is 0 Å². The summed E-state index contributed by atoms with van der Waals surface area (Å²) in [5.41, 5.74) is 2.79. The molecule has 1 N–H and O–H groups in total. The molecule has 0 aliphatic rings. The highest BCUT2D eigenvalue weighted by Crippen LogP contribution is 2.27. The van der Waals surface area contributed by atoms with Crippen LogP contribution in [0.1, 0.15) is 26.5 Å². The number of rotatable bonds is 1. The third-order valence-electron chi connectivity index (χ3n) is 2.25. The van der Waals surface area contributed by atoms with Gasteiger partial charge >= 0.3 is 0 Å². The molecule has 0 radical (unpaired) electrons. The molecule has 2 rings (SSSR count). The van der Waals surface area contributed by atoms with Crippen molar-refractivity contribution in [3.05, 3.63) is 31.4 Å². The Balaban J connectivity index is 2.67. The normalized spacial score (nSPS) is 11.8. The van der Waals surface area contributed by atoms with Crippen molar-refractivity contribution in [3.63, 3.8) is 0 Å². The van der Waals surface area contributed by atoms with Gasteiger partial charge in [-0.05, 0) is 15.9 Å². The van der Waals surface area contributed by atoms with Crippen molar-refractivity contribution in [2.45, 2.75) is 26.2 Å². The number of nitrogens with zero attached hydrogens (tertiary/aromatic N) is 2. The summed E-state index contributed by atoms with van der Waals surface area (Å²) in [6.45, 7) is 6.05. The lowest BCUT2D eigenvalue weighted by Gasteiger charge is -2.19. The van der Waals surface area contributed by atoms with Crippen LogP contribution >= 0.6 is 27.3 Å². The molecule has 0 aliphatic heterocycles. The number of hydrogen-bond donors (Lipinski definition) is 1. The minimum atomic E-state index is -0.197. The van der Waals surface area contributed by atoms with Gasteiger partial charge in [0.15, 0.2) is 5.82 Å². The Morgan fingerprint density at radius 1 is 1.41 bits per heavy atom. The summed E-state index contributed by atoms with van der Waals surface area (Å²) in [5.74, 6) is 0.518. The molecular weight excluding hydrogens is 302 g/mol. The molecule has 0 saturated heterocycles. The van der Waals surface area contributed by atoms with E-state index < -0.39 is 0 Å². The maximum Gasteiger partial charge on any atom is 0.265 e. The number of H-pyrrole nitrogens is 1. The maximum absolute atomic E-state index is 11.8. The fraction of sp³-hybridized carbons (Fsp3) is 0.364. The smallest absolute Gasteiger partial charge is 0.265 e. The minimum Gasteiger partial charge on any atom is -0.304 e. The standard InChI is InChI=1S/C11H12BrN3OS/c1-11(2,3)8-7(12)10(16)15-9(14-8)6-4-17-5-13-6/h4-5H,1-3H3,(H,14,15,16). The monoisotopic (exact) mass is 313 g/mol. The number of halogens is 1. The second kappa shape index (κ2) is 4.34. The maximum atomic E-state index is 11.8. The second-order valence-electron chi connectivity index (χ2n) is 4.70. The van der Waals surface area contributed by atoms with Crippen LogP contribution in [-0.2, 0) is 5.41 Å². The van der Waals surface area contributed by atoms with E-state index in [1.54, 1.807) is 5.51 Å². The van der Waals surface area contributed by atoms with Crippen molar-refractivity contribution in [2.75, 3.05) is 0 Å². The zero-order chi connectivity index (χ0) is 12.6. The molecule has 0 aliphatic carbocycles. The fourth-order valence-corrected chi connectivity index (χ4v) is 2.73. The van der Waals surface area contributed by atoms with Crippen molar-refractivity contribution >= 4 is 27.3 Å². The average molecular weight is 314 g/mol. The lowest BCUT2D eigenvalue weighted by molar-refractivity contribution is 0.562. The Labute approximate surface area is 111 Å². The molecule has 0 fully saturated rings. The molecule has 0 bridgehead atoms. The highest BCUT2D eigenvalue weighted by Gasteiger charge is 2.22. The van der Waals surface area contributed by atoms with Gasteiger partial charge in [-0.25, -0.2) is 9.97 Å². The van der Waals surface area contributed by atoms with E-state index in [4.69, 9.17) is 0 Å². The van der Waals surface area contributed by atoms with Crippen LogP contribution in [0.25, 0.3) is 11.5 Å². The highest BCUT2D eigenvalue weighted by atomic mass is 79.9. The highest BCUT2D eigenvalue weighted by molar-refractivity contribution is 9.10. The molecule has 17 heavy (non-hydrogen) atoms. The number of thiazole rings is 1. The first-order valence-corrected chi connectivity index (χ1v) is 6.82. The second-order valence-corrected chi connectivity index (χ2v) is 6.21. The van der Waals surface area contributed by atoms with Gasteiger partial charge in [-0.3, -0.25) is 4.79 Å². The van der Waals surface area contributed by atoms with Crippen molar-refractivity contribution in [1.82, 2.24) is 15.0 Å². The molecule has 90 valence electrons. The van der Waals surface area contributed by atoms with Crippen molar-refractivity contribution in [1.29, 1.82) is 0 Å². The first kappa shape index (κ1) is 12.4. The van der Waals surface area contributed by atoms with Gasteiger partial charge in [-0.2, -0.15) is 0 Å². The zero-order valence-electron chi connectivity index (χ0n) is 9.74. The molecule has 2 aromatic heterocycles. The van der Waals surface area contributed by atoms with Crippen LogP contribution in [0.4, 0.5) is 0 Å². The largest absolute Gasteiger partial charge is 0.304 e. The zero-order valence-corrected chi connectivity index (χ0v) is 12.1. The predicted octanol–water partition coefficient (Wildman–Crippen LogP) is 2.95. The van der Waals surface area contributed by atoms with Crippen molar-refractivity contribution < 1.29 is 0 Å². The Kier molecular flexibility index (Phi) is 3.18. The Morgan fingerprint density at radius 3 is 2.65 bits per heavy atom. The Hall–Kier alpha value is -1.01. The fourth-order valence-electron chi connectivity index (χ4n) is 1.41. The van der Waals surface area contributed by atoms with Crippen LogP contribution in [0.5, 0.6) is 0 Å². The quantitative estimate of drug-likeness (QED) is 0.880. The van der Waals surface area contributed by atoms with Crippen molar-refractivity contribution in [3.8, 4) is 11.5 Å². The molecule has 0 saturated carbocycles. The van der Waals surface area contributed by atoms with E-state index in [1.807, 2.05) is 26.2 Å². The molecule has 0 spiro atoms. The SMILES string of the molecule is CC(C)(C)c1nc(-c2cscn2)[nH]c(=O)c1Br. The van der Waals surface area contributed by atoms with E-state index in [-0.39, 0.29) is 11.0 Å². The van der Waals surface area contributed by atoms with E-state index in [9.17, 15) is 4.79 Å². The summed E-state index contributed by atoms with van der Waals surface area (Å²) >= 11 is 4.76. The van der Waals surface area contributed by atoms with E-state index in [0.29, 0.717) is 16.0 Å². The van der Waals surface area contributed by atoms with Gasteiger partial charge in [0, 0.05) is 10.8 Å². The van der Waals surface area contributed by atoms with Gasteiger partial charge in [0.25, 0.3) is 5.56 Å². The van der Waals surface area contributed by atoms with Crippen LogP contribution in [0.3, 0.4) is 0 Å². The van der Waals surface area contributed by atoms with Crippen LogP contribution in [-0.4, -0.2) is 15.0 Å². The number of aromatic amines is 1. The lowest BCUT2D eigenvalue weighted by atomic mass is 9.92. The third-order valence-corrected chi connectivity index (χ3v) is 3.57. The Bertz CT molecular complexity index is 584.